The van der Waals surface area contributed by atoms with Gasteiger partial charge in [0.15, 0.2) is 0 Å². The molecule has 1 aromatic carbocycles. The van der Waals surface area contributed by atoms with Crippen LogP contribution in [0, 0.1) is 11.8 Å². The number of aromatic hydroxyl groups is 1. The van der Waals surface area contributed by atoms with Crippen molar-refractivity contribution in [1.29, 1.82) is 0 Å². The summed E-state index contributed by atoms with van der Waals surface area (Å²) in [5, 5.41) is 16.6. The number of phenols is 1. The number of aliphatic imine (C=N–C) groups is 1. The van der Waals surface area contributed by atoms with Crippen LogP contribution in [0.2, 0.25) is 0 Å². The van der Waals surface area contributed by atoms with Crippen molar-refractivity contribution in [2.24, 2.45) is 16.8 Å². The molecular weight excluding hydrogens is 262 g/mol. The molecule has 4 rings (SSSR count). The number of nitrogens with one attached hydrogen (secondary N) is 2. The Hall–Kier alpha value is -2.33. The van der Waals surface area contributed by atoms with Crippen molar-refractivity contribution in [3.8, 4) is 5.75 Å². The lowest BCUT2D eigenvalue weighted by molar-refractivity contribution is 0.470. The third-order valence-electron chi connectivity index (χ3n) is 4.29. The highest BCUT2D eigenvalue weighted by atomic mass is 16.3. The highest BCUT2D eigenvalue weighted by Gasteiger charge is 2.43. The topological polar surface area (TPSA) is 56.6 Å². The highest BCUT2D eigenvalue weighted by molar-refractivity contribution is 5.76. The van der Waals surface area contributed by atoms with Crippen LogP contribution in [0.15, 0.2) is 65.3 Å². The highest BCUT2D eigenvalue weighted by Crippen LogP contribution is 2.38. The van der Waals surface area contributed by atoms with Crippen LogP contribution in [0.1, 0.15) is 0 Å². The summed E-state index contributed by atoms with van der Waals surface area (Å²) in [6.07, 6.45) is 12.6. The second kappa shape index (κ2) is 4.90. The predicted molar refractivity (Wildman–Crippen MR) is 84.3 cm³/mol. The molecule has 0 aromatic heterocycles. The Balaban J connectivity index is 1.63. The van der Waals surface area contributed by atoms with Crippen molar-refractivity contribution in [2.75, 3.05) is 5.32 Å². The fourth-order valence-electron chi connectivity index (χ4n) is 3.36. The SMILES string of the molecule is Oc1cccc(NC2=CC=NC3NC4C=CC=CC4C23)c1. The molecule has 1 saturated heterocycles. The Morgan fingerprint density at radius 1 is 1.19 bits per heavy atom. The normalized spacial score (nSPS) is 32.5. The fourth-order valence-corrected chi connectivity index (χ4v) is 3.36. The van der Waals surface area contributed by atoms with Crippen molar-refractivity contribution in [3.05, 3.63) is 60.3 Å². The third kappa shape index (κ3) is 2.17. The van der Waals surface area contributed by atoms with E-state index in [9.17, 15) is 5.11 Å². The van der Waals surface area contributed by atoms with Gasteiger partial charge in [-0.15, -0.1) is 0 Å². The lowest BCUT2D eigenvalue weighted by Crippen LogP contribution is -2.32. The molecule has 0 radical (unpaired) electrons. The van der Waals surface area contributed by atoms with Gasteiger partial charge in [-0.05, 0) is 18.2 Å². The van der Waals surface area contributed by atoms with Gasteiger partial charge in [0.1, 0.15) is 11.9 Å². The smallest absolute Gasteiger partial charge is 0.117 e. The van der Waals surface area contributed by atoms with E-state index in [2.05, 4.69) is 39.9 Å². The third-order valence-corrected chi connectivity index (χ3v) is 4.29. The summed E-state index contributed by atoms with van der Waals surface area (Å²) in [6, 6.07) is 7.54. The first kappa shape index (κ1) is 12.4. The van der Waals surface area contributed by atoms with Gasteiger partial charge in [-0.3, -0.25) is 10.3 Å². The molecule has 2 heterocycles. The van der Waals surface area contributed by atoms with Crippen LogP contribution in [-0.2, 0) is 0 Å². The van der Waals surface area contributed by atoms with Gasteiger partial charge in [0, 0.05) is 41.5 Å². The Labute approximate surface area is 123 Å². The molecule has 0 saturated carbocycles. The molecule has 0 bridgehead atoms. The number of hydrogen-bond donors (Lipinski definition) is 3. The monoisotopic (exact) mass is 279 g/mol. The van der Waals surface area contributed by atoms with Crippen molar-refractivity contribution in [2.45, 2.75) is 12.2 Å². The fraction of sp³-hybridized carbons (Fsp3) is 0.235. The Bertz CT molecular complexity index is 674. The van der Waals surface area contributed by atoms with E-state index in [1.807, 2.05) is 24.4 Å². The summed E-state index contributed by atoms with van der Waals surface area (Å²) in [5.74, 6) is 0.974. The summed E-state index contributed by atoms with van der Waals surface area (Å²) in [5.41, 5.74) is 2.04. The van der Waals surface area contributed by atoms with Crippen molar-refractivity contribution >= 4 is 11.9 Å². The number of benzene rings is 1. The van der Waals surface area contributed by atoms with E-state index in [1.54, 1.807) is 12.1 Å². The van der Waals surface area contributed by atoms with Gasteiger partial charge in [0.2, 0.25) is 0 Å². The first-order valence-electron chi connectivity index (χ1n) is 7.22. The van der Waals surface area contributed by atoms with Crippen molar-refractivity contribution in [3.63, 3.8) is 0 Å². The lowest BCUT2D eigenvalue weighted by atomic mass is 9.83. The van der Waals surface area contributed by atoms with Gasteiger partial charge in [-0.1, -0.05) is 30.4 Å². The first-order valence-corrected chi connectivity index (χ1v) is 7.22. The molecule has 3 aliphatic rings. The van der Waals surface area contributed by atoms with Crippen LogP contribution >= 0.6 is 0 Å². The summed E-state index contributed by atoms with van der Waals surface area (Å²) in [7, 11) is 0. The van der Waals surface area contributed by atoms with Crippen LogP contribution in [-0.4, -0.2) is 23.5 Å². The first-order chi connectivity index (χ1) is 10.3. The minimum absolute atomic E-state index is 0.109. The van der Waals surface area contributed by atoms with E-state index in [-0.39, 0.29) is 11.9 Å². The van der Waals surface area contributed by atoms with E-state index >= 15 is 0 Å². The molecule has 4 atom stereocenters. The average molecular weight is 279 g/mol. The standard InChI is InChI=1S/C17H17N3O/c21-12-5-3-4-11(10-12)19-15-8-9-18-17-16(15)13-6-1-2-7-14(13)20-17/h1-10,13-14,16-17,19-21H. The number of hydrogen-bond acceptors (Lipinski definition) is 4. The van der Waals surface area contributed by atoms with E-state index < -0.39 is 0 Å². The number of allylic oxidation sites excluding steroid dienone is 3. The Morgan fingerprint density at radius 3 is 3.00 bits per heavy atom. The average Bonchev–Trinajstić information content (AvgIpc) is 2.87. The van der Waals surface area contributed by atoms with Crippen LogP contribution in [0.25, 0.3) is 0 Å². The van der Waals surface area contributed by atoms with Gasteiger partial charge in [0.05, 0.1) is 0 Å². The second-order valence-electron chi connectivity index (χ2n) is 5.61. The van der Waals surface area contributed by atoms with Crippen molar-refractivity contribution < 1.29 is 5.11 Å². The zero-order valence-electron chi connectivity index (χ0n) is 11.5. The molecule has 3 N–H and O–H groups in total. The minimum Gasteiger partial charge on any atom is -0.508 e. The Kier molecular flexibility index (Phi) is 2.89. The maximum Gasteiger partial charge on any atom is 0.117 e. The predicted octanol–water partition coefficient (Wildman–Crippen LogP) is 2.43. The van der Waals surface area contributed by atoms with Gasteiger partial charge in [-0.25, -0.2) is 0 Å². The number of rotatable bonds is 2. The number of fused-ring (bicyclic) bond motifs is 3. The second-order valence-corrected chi connectivity index (χ2v) is 5.61. The molecule has 4 unspecified atom stereocenters. The largest absolute Gasteiger partial charge is 0.508 e. The van der Waals surface area contributed by atoms with Crippen LogP contribution in [0.5, 0.6) is 5.75 Å². The molecule has 4 nitrogen and oxygen atoms in total. The van der Waals surface area contributed by atoms with Gasteiger partial charge in [-0.2, -0.15) is 0 Å². The summed E-state index contributed by atoms with van der Waals surface area (Å²) < 4.78 is 0. The minimum atomic E-state index is 0.109. The van der Waals surface area contributed by atoms with Gasteiger partial charge in [0.25, 0.3) is 0 Å². The van der Waals surface area contributed by atoms with Crippen LogP contribution in [0.3, 0.4) is 0 Å². The molecule has 21 heavy (non-hydrogen) atoms. The summed E-state index contributed by atoms with van der Waals surface area (Å²) in [6.45, 7) is 0. The molecule has 4 heteroatoms. The zero-order valence-corrected chi connectivity index (χ0v) is 11.5. The van der Waals surface area contributed by atoms with E-state index in [0.717, 1.165) is 11.4 Å². The zero-order chi connectivity index (χ0) is 14.2. The number of phenolic OH excluding ortho intramolecular Hbond substituents is 1. The number of dihydropyridines is 1. The van der Waals surface area contributed by atoms with Gasteiger partial charge < -0.3 is 10.4 Å². The lowest BCUT2D eigenvalue weighted by Gasteiger charge is -2.27. The number of anilines is 1. The molecule has 106 valence electrons. The quantitative estimate of drug-likeness (QED) is 0.779. The Morgan fingerprint density at radius 2 is 2.10 bits per heavy atom. The molecular formula is C17H17N3O. The maximum absolute atomic E-state index is 9.60. The number of nitrogens with zero attached hydrogens (tertiary/aromatic N) is 1. The van der Waals surface area contributed by atoms with Crippen LogP contribution < -0.4 is 10.6 Å². The molecule has 1 fully saturated rings. The van der Waals surface area contributed by atoms with E-state index in [0.29, 0.717) is 17.9 Å². The van der Waals surface area contributed by atoms with E-state index in [1.165, 1.54) is 0 Å². The molecule has 0 amide bonds. The van der Waals surface area contributed by atoms with Crippen molar-refractivity contribution in [1.82, 2.24) is 5.32 Å². The maximum atomic E-state index is 9.60. The molecule has 1 aromatic rings. The molecule has 2 aliphatic heterocycles. The summed E-state index contributed by atoms with van der Waals surface area (Å²) in [4.78, 5) is 4.56. The van der Waals surface area contributed by atoms with E-state index in [4.69, 9.17) is 0 Å². The molecule has 0 spiro atoms. The molecule has 1 aliphatic carbocycles. The van der Waals surface area contributed by atoms with Crippen LogP contribution in [0.4, 0.5) is 5.69 Å². The van der Waals surface area contributed by atoms with Gasteiger partial charge >= 0.3 is 0 Å². The summed E-state index contributed by atoms with van der Waals surface area (Å²) >= 11 is 0.